The number of likely N-dealkylation sites (N-methyl/N-ethyl adjacent to an activating group) is 1. The average Bonchev–Trinajstić information content (AvgIpc) is 3.05. The third kappa shape index (κ3) is 5.17. The lowest BCUT2D eigenvalue weighted by atomic mass is 10.2. The molecule has 0 radical (unpaired) electrons. The van der Waals surface area contributed by atoms with Gasteiger partial charge in [-0.15, -0.1) is 0 Å². The number of benzene rings is 1. The molecule has 8 heteroatoms. The van der Waals surface area contributed by atoms with Crippen LogP contribution < -0.4 is 5.32 Å². The van der Waals surface area contributed by atoms with Crippen molar-refractivity contribution in [2.75, 3.05) is 13.1 Å². The molecule has 0 atom stereocenters. The molecule has 23 heavy (non-hydrogen) atoms. The fourth-order valence-electron chi connectivity index (χ4n) is 1.96. The van der Waals surface area contributed by atoms with Crippen molar-refractivity contribution in [3.63, 3.8) is 0 Å². The molecule has 0 saturated carbocycles. The van der Waals surface area contributed by atoms with Crippen molar-refractivity contribution in [1.29, 1.82) is 0 Å². The van der Waals surface area contributed by atoms with Crippen molar-refractivity contribution in [2.24, 2.45) is 0 Å². The van der Waals surface area contributed by atoms with Crippen molar-refractivity contribution in [2.45, 2.75) is 20.0 Å². The van der Waals surface area contributed by atoms with Gasteiger partial charge in [-0.25, -0.2) is 14.1 Å². The zero-order chi connectivity index (χ0) is 16.7. The highest BCUT2D eigenvalue weighted by Crippen LogP contribution is 2.02. The summed E-state index contributed by atoms with van der Waals surface area (Å²) in [6.07, 6.45) is 2.79. The molecule has 1 aromatic carbocycles. The predicted molar refractivity (Wildman–Crippen MR) is 80.5 cm³/mol. The second-order valence-electron chi connectivity index (χ2n) is 4.90. The Kier molecular flexibility index (Phi) is 5.79. The first kappa shape index (κ1) is 16.6. The molecule has 0 fully saturated rings. The van der Waals surface area contributed by atoms with E-state index in [1.165, 1.54) is 34.4 Å². The smallest absolute Gasteiger partial charge is 0.244 e. The quantitative estimate of drug-likeness (QED) is 0.810. The molecule has 1 aromatic heterocycles. The molecule has 2 aromatic rings. The van der Waals surface area contributed by atoms with E-state index < -0.39 is 0 Å². The zero-order valence-corrected chi connectivity index (χ0v) is 12.8. The molecule has 0 aliphatic heterocycles. The van der Waals surface area contributed by atoms with Crippen molar-refractivity contribution >= 4 is 11.8 Å². The molecule has 0 unspecified atom stereocenters. The number of hydrogen-bond donors (Lipinski definition) is 1. The van der Waals surface area contributed by atoms with E-state index in [2.05, 4.69) is 15.4 Å². The summed E-state index contributed by atoms with van der Waals surface area (Å²) in [4.78, 5) is 29.2. The summed E-state index contributed by atoms with van der Waals surface area (Å²) in [6.45, 7) is 2.50. The molecule has 1 N–H and O–H groups in total. The third-order valence-electron chi connectivity index (χ3n) is 3.24. The summed E-state index contributed by atoms with van der Waals surface area (Å²) < 4.78 is 14.2. The normalized spacial score (nSPS) is 10.3. The van der Waals surface area contributed by atoms with E-state index in [0.717, 1.165) is 5.56 Å². The minimum Gasteiger partial charge on any atom is -0.350 e. The number of carbonyl (C=O) groups is 2. The summed E-state index contributed by atoms with van der Waals surface area (Å²) >= 11 is 0. The van der Waals surface area contributed by atoms with Crippen LogP contribution in [0, 0.1) is 5.82 Å². The first-order chi connectivity index (χ1) is 11.1. The molecule has 1 heterocycles. The van der Waals surface area contributed by atoms with Gasteiger partial charge in [-0.1, -0.05) is 12.1 Å². The van der Waals surface area contributed by atoms with E-state index in [4.69, 9.17) is 0 Å². The molecule has 122 valence electrons. The maximum atomic E-state index is 12.8. The number of hydrogen-bond acceptors (Lipinski definition) is 4. The topological polar surface area (TPSA) is 80.1 Å². The number of amides is 2. The van der Waals surface area contributed by atoms with Gasteiger partial charge in [-0.05, 0) is 24.6 Å². The van der Waals surface area contributed by atoms with Crippen molar-refractivity contribution in [3.05, 3.63) is 48.3 Å². The van der Waals surface area contributed by atoms with Gasteiger partial charge >= 0.3 is 0 Å². The van der Waals surface area contributed by atoms with Crippen LogP contribution in [0.2, 0.25) is 0 Å². The van der Waals surface area contributed by atoms with Crippen LogP contribution in [0.25, 0.3) is 0 Å². The summed E-state index contributed by atoms with van der Waals surface area (Å²) in [7, 11) is 0. The Labute approximate surface area is 133 Å². The summed E-state index contributed by atoms with van der Waals surface area (Å²) in [5.41, 5.74) is 0.789. The third-order valence-corrected chi connectivity index (χ3v) is 3.24. The fraction of sp³-hybridized carbons (Fsp3) is 0.333. The van der Waals surface area contributed by atoms with Crippen molar-refractivity contribution in [1.82, 2.24) is 25.0 Å². The largest absolute Gasteiger partial charge is 0.350 e. The van der Waals surface area contributed by atoms with Crippen LogP contribution in [0.15, 0.2) is 36.9 Å². The standard InChI is InChI=1S/C15H18FN5O2/c1-2-20(15(23)9-21-11-17-10-19-21)8-14(22)18-7-12-3-5-13(16)6-4-12/h3-6,10-11H,2,7-9H2,1H3,(H,18,22). The number of nitrogens with zero attached hydrogens (tertiary/aromatic N) is 4. The number of carbonyl (C=O) groups excluding carboxylic acids is 2. The highest BCUT2D eigenvalue weighted by molar-refractivity contribution is 5.84. The van der Waals surface area contributed by atoms with Crippen molar-refractivity contribution < 1.29 is 14.0 Å². The van der Waals surface area contributed by atoms with E-state index >= 15 is 0 Å². The Morgan fingerprint density at radius 3 is 2.65 bits per heavy atom. The maximum absolute atomic E-state index is 12.8. The number of halogens is 1. The monoisotopic (exact) mass is 319 g/mol. The van der Waals surface area contributed by atoms with E-state index in [0.29, 0.717) is 6.54 Å². The maximum Gasteiger partial charge on any atom is 0.244 e. The Morgan fingerprint density at radius 2 is 2.04 bits per heavy atom. The molecule has 0 aliphatic rings. The van der Waals surface area contributed by atoms with Crippen LogP contribution in [0.3, 0.4) is 0 Å². The van der Waals surface area contributed by atoms with Gasteiger partial charge in [0.2, 0.25) is 11.8 Å². The lowest BCUT2D eigenvalue weighted by Crippen LogP contribution is -2.41. The minimum absolute atomic E-state index is 0.0365. The van der Waals surface area contributed by atoms with Crippen LogP contribution >= 0.6 is 0 Å². The van der Waals surface area contributed by atoms with Gasteiger partial charge in [0, 0.05) is 13.1 Å². The second-order valence-corrected chi connectivity index (χ2v) is 4.90. The average molecular weight is 319 g/mol. The number of rotatable bonds is 7. The molecule has 7 nitrogen and oxygen atoms in total. The highest BCUT2D eigenvalue weighted by atomic mass is 19.1. The van der Waals surface area contributed by atoms with Gasteiger partial charge in [0.05, 0.1) is 6.54 Å². The van der Waals surface area contributed by atoms with E-state index in [-0.39, 0.29) is 37.3 Å². The highest BCUT2D eigenvalue weighted by Gasteiger charge is 2.16. The van der Waals surface area contributed by atoms with E-state index in [1.54, 1.807) is 19.1 Å². The van der Waals surface area contributed by atoms with Gasteiger partial charge < -0.3 is 10.2 Å². The summed E-state index contributed by atoms with van der Waals surface area (Å²) in [6, 6.07) is 5.87. The Morgan fingerprint density at radius 1 is 1.30 bits per heavy atom. The van der Waals surface area contributed by atoms with Crippen LogP contribution in [0.1, 0.15) is 12.5 Å². The lowest BCUT2D eigenvalue weighted by Gasteiger charge is -2.20. The summed E-state index contributed by atoms with van der Waals surface area (Å²) in [5.74, 6) is -0.811. The number of aromatic nitrogens is 3. The molecule has 0 aliphatic carbocycles. The summed E-state index contributed by atoms with van der Waals surface area (Å²) in [5, 5.41) is 6.57. The van der Waals surface area contributed by atoms with Crippen LogP contribution in [-0.2, 0) is 22.7 Å². The van der Waals surface area contributed by atoms with Crippen LogP contribution in [0.4, 0.5) is 4.39 Å². The Balaban J connectivity index is 1.81. The molecule has 0 saturated heterocycles. The SMILES string of the molecule is CCN(CC(=O)NCc1ccc(F)cc1)C(=O)Cn1cncn1. The van der Waals surface area contributed by atoms with E-state index in [9.17, 15) is 14.0 Å². The van der Waals surface area contributed by atoms with Gasteiger partial charge in [0.15, 0.2) is 0 Å². The van der Waals surface area contributed by atoms with Crippen LogP contribution in [0.5, 0.6) is 0 Å². The van der Waals surface area contributed by atoms with E-state index in [1.807, 2.05) is 0 Å². The fourth-order valence-corrected chi connectivity index (χ4v) is 1.96. The van der Waals surface area contributed by atoms with Crippen molar-refractivity contribution in [3.8, 4) is 0 Å². The Hall–Kier alpha value is -2.77. The first-order valence-electron chi connectivity index (χ1n) is 7.20. The molecular weight excluding hydrogens is 301 g/mol. The second kappa shape index (κ2) is 8.02. The van der Waals surface area contributed by atoms with Gasteiger partial charge in [0.25, 0.3) is 0 Å². The molecule has 2 rings (SSSR count). The molecular formula is C15H18FN5O2. The zero-order valence-electron chi connectivity index (χ0n) is 12.8. The van der Waals surface area contributed by atoms with Gasteiger partial charge in [0.1, 0.15) is 25.0 Å². The molecule has 0 spiro atoms. The van der Waals surface area contributed by atoms with Gasteiger partial charge in [-0.2, -0.15) is 5.10 Å². The molecule has 0 bridgehead atoms. The van der Waals surface area contributed by atoms with Gasteiger partial charge in [-0.3, -0.25) is 9.59 Å². The lowest BCUT2D eigenvalue weighted by molar-refractivity contribution is -0.136. The van der Waals surface area contributed by atoms with Crippen LogP contribution in [-0.4, -0.2) is 44.6 Å². The predicted octanol–water partition coefficient (Wildman–Crippen LogP) is 0.582. The first-order valence-corrected chi connectivity index (χ1v) is 7.20. The Bertz CT molecular complexity index is 642. The minimum atomic E-state index is -0.323. The molecule has 2 amide bonds. The number of nitrogens with one attached hydrogen (secondary N) is 1.